The predicted molar refractivity (Wildman–Crippen MR) is 80.9 cm³/mol. The fourth-order valence-corrected chi connectivity index (χ4v) is 3.40. The minimum atomic E-state index is 0.893. The van der Waals surface area contributed by atoms with Crippen LogP contribution in [-0.2, 0) is 13.1 Å². The SMILES string of the molecule is Brc1csc(CNCc2ccc3cc[nH]c3c2)c1. The Balaban J connectivity index is 1.62. The smallest absolute Gasteiger partial charge is 0.0457 e. The fraction of sp³-hybridized carbons (Fsp3) is 0.143. The molecule has 3 aromatic rings. The van der Waals surface area contributed by atoms with Crippen LogP contribution in [0.5, 0.6) is 0 Å². The summed E-state index contributed by atoms with van der Waals surface area (Å²) in [6.07, 6.45) is 1.98. The minimum absolute atomic E-state index is 0.893. The second-order valence-corrected chi connectivity index (χ2v) is 6.15. The third-order valence-electron chi connectivity index (χ3n) is 2.87. The van der Waals surface area contributed by atoms with Crippen molar-refractivity contribution in [2.45, 2.75) is 13.1 Å². The van der Waals surface area contributed by atoms with Crippen LogP contribution in [0.1, 0.15) is 10.4 Å². The van der Waals surface area contributed by atoms with Gasteiger partial charge in [-0.3, -0.25) is 0 Å². The lowest BCUT2D eigenvalue weighted by molar-refractivity contribution is 0.701. The summed E-state index contributed by atoms with van der Waals surface area (Å²) in [5, 5.41) is 6.84. The maximum Gasteiger partial charge on any atom is 0.0457 e. The Bertz CT molecular complexity index is 656. The molecule has 4 heteroatoms. The van der Waals surface area contributed by atoms with Crippen molar-refractivity contribution in [3.05, 3.63) is 56.8 Å². The summed E-state index contributed by atoms with van der Waals surface area (Å²) in [7, 11) is 0. The van der Waals surface area contributed by atoms with Gasteiger partial charge in [-0.05, 0) is 45.1 Å². The van der Waals surface area contributed by atoms with E-state index in [9.17, 15) is 0 Å². The van der Waals surface area contributed by atoms with Crippen LogP contribution in [0.2, 0.25) is 0 Å². The lowest BCUT2D eigenvalue weighted by atomic mass is 10.1. The summed E-state index contributed by atoms with van der Waals surface area (Å²) >= 11 is 5.24. The third kappa shape index (κ3) is 2.66. The van der Waals surface area contributed by atoms with Crippen molar-refractivity contribution in [2.75, 3.05) is 0 Å². The molecular weight excluding hydrogens is 308 g/mol. The molecule has 0 atom stereocenters. The van der Waals surface area contributed by atoms with Crippen LogP contribution in [0.25, 0.3) is 10.9 Å². The number of nitrogens with one attached hydrogen (secondary N) is 2. The lowest BCUT2D eigenvalue weighted by Crippen LogP contribution is -2.11. The normalized spacial score (nSPS) is 11.2. The largest absolute Gasteiger partial charge is 0.361 e. The fourth-order valence-electron chi connectivity index (χ4n) is 1.98. The molecule has 0 aliphatic heterocycles. The summed E-state index contributed by atoms with van der Waals surface area (Å²) in [6, 6.07) is 10.8. The van der Waals surface area contributed by atoms with E-state index in [-0.39, 0.29) is 0 Å². The van der Waals surface area contributed by atoms with Gasteiger partial charge in [-0.25, -0.2) is 0 Å². The van der Waals surface area contributed by atoms with Gasteiger partial charge in [0.25, 0.3) is 0 Å². The molecule has 92 valence electrons. The Labute approximate surface area is 118 Å². The molecule has 0 radical (unpaired) electrons. The Morgan fingerprint density at radius 2 is 2.11 bits per heavy atom. The summed E-state index contributed by atoms with van der Waals surface area (Å²) < 4.78 is 1.16. The Morgan fingerprint density at radius 3 is 2.94 bits per heavy atom. The molecule has 0 aliphatic carbocycles. The van der Waals surface area contributed by atoms with Crippen LogP contribution in [0.15, 0.2) is 46.4 Å². The molecule has 2 heterocycles. The van der Waals surface area contributed by atoms with Gasteiger partial charge in [-0.2, -0.15) is 0 Å². The highest BCUT2D eigenvalue weighted by molar-refractivity contribution is 9.10. The molecule has 2 aromatic heterocycles. The summed E-state index contributed by atoms with van der Waals surface area (Å²) in [6.45, 7) is 1.81. The Kier molecular flexibility index (Phi) is 3.50. The number of aromatic amines is 1. The molecule has 0 saturated carbocycles. The van der Waals surface area contributed by atoms with E-state index in [0.717, 1.165) is 17.6 Å². The van der Waals surface area contributed by atoms with Gasteiger partial charge >= 0.3 is 0 Å². The van der Waals surface area contributed by atoms with Crippen LogP contribution < -0.4 is 5.32 Å². The van der Waals surface area contributed by atoms with Gasteiger partial charge < -0.3 is 10.3 Å². The van der Waals surface area contributed by atoms with Crippen molar-refractivity contribution in [3.63, 3.8) is 0 Å². The van der Waals surface area contributed by atoms with Gasteiger partial charge in [0.2, 0.25) is 0 Å². The van der Waals surface area contributed by atoms with E-state index >= 15 is 0 Å². The number of hydrogen-bond donors (Lipinski definition) is 2. The average Bonchev–Trinajstić information content (AvgIpc) is 2.97. The quantitative estimate of drug-likeness (QED) is 0.737. The van der Waals surface area contributed by atoms with Crippen LogP contribution >= 0.6 is 27.3 Å². The van der Waals surface area contributed by atoms with Crippen LogP contribution in [0.3, 0.4) is 0 Å². The van der Waals surface area contributed by atoms with Crippen LogP contribution in [-0.4, -0.2) is 4.98 Å². The van der Waals surface area contributed by atoms with Gasteiger partial charge in [0.05, 0.1) is 0 Å². The maximum atomic E-state index is 3.47. The summed E-state index contributed by atoms with van der Waals surface area (Å²) in [5.74, 6) is 0. The highest BCUT2D eigenvalue weighted by Crippen LogP contribution is 2.19. The van der Waals surface area contributed by atoms with Crippen molar-refractivity contribution < 1.29 is 0 Å². The molecule has 18 heavy (non-hydrogen) atoms. The highest BCUT2D eigenvalue weighted by atomic mass is 79.9. The standard InChI is InChI=1S/C14H13BrN2S/c15-12-6-13(18-9-12)8-16-7-10-1-2-11-3-4-17-14(11)5-10/h1-6,9,16-17H,7-8H2. The predicted octanol–water partition coefficient (Wildman–Crippen LogP) is 4.28. The Morgan fingerprint density at radius 1 is 1.17 bits per heavy atom. The number of halogens is 1. The minimum Gasteiger partial charge on any atom is -0.361 e. The zero-order valence-electron chi connectivity index (χ0n) is 9.74. The molecule has 2 nitrogen and oxygen atoms in total. The zero-order valence-corrected chi connectivity index (χ0v) is 12.1. The highest BCUT2D eigenvalue weighted by Gasteiger charge is 1.99. The van der Waals surface area contributed by atoms with Crippen molar-refractivity contribution in [3.8, 4) is 0 Å². The van der Waals surface area contributed by atoms with E-state index in [0.29, 0.717) is 0 Å². The zero-order chi connectivity index (χ0) is 12.4. The monoisotopic (exact) mass is 320 g/mol. The van der Waals surface area contributed by atoms with E-state index in [2.05, 4.69) is 61.9 Å². The number of thiophene rings is 1. The van der Waals surface area contributed by atoms with Gasteiger partial charge in [0, 0.05) is 39.5 Å². The molecule has 0 unspecified atom stereocenters. The van der Waals surface area contributed by atoms with Crippen LogP contribution in [0.4, 0.5) is 0 Å². The van der Waals surface area contributed by atoms with Gasteiger partial charge in [-0.1, -0.05) is 12.1 Å². The number of rotatable bonds is 4. The van der Waals surface area contributed by atoms with Gasteiger partial charge in [-0.15, -0.1) is 11.3 Å². The van der Waals surface area contributed by atoms with Gasteiger partial charge in [0.15, 0.2) is 0 Å². The molecule has 0 spiro atoms. The number of benzene rings is 1. The molecule has 0 amide bonds. The molecule has 0 fully saturated rings. The molecule has 0 saturated heterocycles. The average molecular weight is 321 g/mol. The van der Waals surface area contributed by atoms with E-state index in [1.54, 1.807) is 11.3 Å². The van der Waals surface area contributed by atoms with Gasteiger partial charge in [0.1, 0.15) is 0 Å². The first kappa shape index (κ1) is 12.0. The first-order valence-electron chi connectivity index (χ1n) is 5.81. The van der Waals surface area contributed by atoms with Crippen molar-refractivity contribution in [1.82, 2.24) is 10.3 Å². The molecule has 1 aromatic carbocycles. The molecule has 0 bridgehead atoms. The van der Waals surface area contributed by atoms with E-state index < -0.39 is 0 Å². The van der Waals surface area contributed by atoms with E-state index in [4.69, 9.17) is 0 Å². The lowest BCUT2D eigenvalue weighted by Gasteiger charge is -2.03. The molecule has 3 rings (SSSR count). The number of fused-ring (bicyclic) bond motifs is 1. The van der Waals surface area contributed by atoms with Crippen molar-refractivity contribution >= 4 is 38.2 Å². The summed E-state index contributed by atoms with van der Waals surface area (Å²) in [5.41, 5.74) is 2.51. The first-order chi connectivity index (χ1) is 8.81. The molecular formula is C14H13BrN2S. The maximum absolute atomic E-state index is 3.47. The third-order valence-corrected chi connectivity index (χ3v) is 4.57. The number of H-pyrrole nitrogens is 1. The van der Waals surface area contributed by atoms with Crippen molar-refractivity contribution in [2.24, 2.45) is 0 Å². The number of aromatic nitrogens is 1. The first-order valence-corrected chi connectivity index (χ1v) is 7.48. The van der Waals surface area contributed by atoms with Crippen LogP contribution in [0, 0.1) is 0 Å². The van der Waals surface area contributed by atoms with E-state index in [1.165, 1.54) is 21.3 Å². The topological polar surface area (TPSA) is 27.8 Å². The second kappa shape index (κ2) is 5.26. The second-order valence-electron chi connectivity index (χ2n) is 4.23. The Hall–Kier alpha value is -1.10. The molecule has 0 aliphatic rings. The van der Waals surface area contributed by atoms with E-state index in [1.807, 2.05) is 6.20 Å². The number of hydrogen-bond acceptors (Lipinski definition) is 2. The summed E-state index contributed by atoms with van der Waals surface area (Å²) in [4.78, 5) is 4.59. The van der Waals surface area contributed by atoms with Crippen molar-refractivity contribution in [1.29, 1.82) is 0 Å². The molecule has 2 N–H and O–H groups in total.